The number of hydrogen-bond acceptors (Lipinski definition) is 6. The molecule has 0 amide bonds. The van der Waals surface area contributed by atoms with Crippen molar-refractivity contribution in [3.63, 3.8) is 0 Å². The Morgan fingerprint density at radius 3 is 2.55 bits per heavy atom. The fraction of sp³-hybridized carbons (Fsp3) is 0.407. The molecule has 38 heavy (non-hydrogen) atoms. The molecule has 4 aromatic rings. The summed E-state index contributed by atoms with van der Waals surface area (Å²) in [6.07, 6.45) is 4.33. The third-order valence-electron chi connectivity index (χ3n) is 7.18. The van der Waals surface area contributed by atoms with Crippen LogP contribution in [-0.2, 0) is 9.47 Å². The molecule has 2 saturated heterocycles. The number of aliphatic hydroxyl groups excluding tert-OH is 1. The van der Waals surface area contributed by atoms with Crippen LogP contribution in [-0.4, -0.2) is 64.4 Å². The standard InChI is InChI=1S/C27H27F2N3O4.H2O.U/c28-22-4-1-16(10-23(22)29)25-20-9-17-12-30-32-24(17)11-21(20)27(31-26(25)15-5-7-34-8-6-15)36-19-3-2-18(13-33)35-14-19;;/h1,4,9-12,15,18-19,33H,2-3,5-8,13-14H2,(H,30,32);1H2;. The summed E-state index contributed by atoms with van der Waals surface area (Å²) in [4.78, 5) is 5.04. The number of aromatic nitrogens is 3. The first kappa shape index (κ1) is 28.9. The van der Waals surface area contributed by atoms with E-state index in [0.717, 1.165) is 58.3 Å². The number of H-pyrrole nitrogens is 1. The van der Waals surface area contributed by atoms with Gasteiger partial charge in [0.15, 0.2) is 11.6 Å². The maximum Gasteiger partial charge on any atom is 0.222 e. The Balaban J connectivity index is 0.00000168. The Bertz CT molecular complexity index is 1400. The zero-order valence-corrected chi connectivity index (χ0v) is 24.8. The maximum absolute atomic E-state index is 14.4. The first-order chi connectivity index (χ1) is 17.6. The van der Waals surface area contributed by atoms with Gasteiger partial charge in [-0.05, 0) is 60.9 Å². The van der Waals surface area contributed by atoms with Crippen LogP contribution in [0.25, 0.3) is 32.8 Å². The van der Waals surface area contributed by atoms with Gasteiger partial charge in [0.1, 0.15) is 6.10 Å². The van der Waals surface area contributed by atoms with Crippen LogP contribution in [0.3, 0.4) is 0 Å². The van der Waals surface area contributed by atoms with Gasteiger partial charge in [-0.15, -0.1) is 0 Å². The minimum atomic E-state index is -0.902. The number of nitrogens with zero attached hydrogens (tertiary/aromatic N) is 2. The first-order valence-electron chi connectivity index (χ1n) is 12.3. The molecular weight excluding hydrogens is 722 g/mol. The Kier molecular flexibility index (Phi) is 9.40. The average molecular weight is 752 g/mol. The van der Waals surface area contributed by atoms with E-state index in [1.165, 1.54) is 6.07 Å². The van der Waals surface area contributed by atoms with Crippen molar-refractivity contribution in [3.05, 3.63) is 53.9 Å². The molecule has 2 aromatic heterocycles. The predicted molar refractivity (Wildman–Crippen MR) is 134 cm³/mol. The first-order valence-corrected chi connectivity index (χ1v) is 12.3. The fourth-order valence-corrected chi connectivity index (χ4v) is 5.23. The van der Waals surface area contributed by atoms with Crippen LogP contribution >= 0.6 is 0 Å². The summed E-state index contributed by atoms with van der Waals surface area (Å²) in [5, 5.41) is 19.1. The van der Waals surface area contributed by atoms with Crippen molar-refractivity contribution in [1.29, 1.82) is 0 Å². The van der Waals surface area contributed by atoms with E-state index in [2.05, 4.69) is 10.2 Å². The number of aromatic amines is 1. The zero-order valence-electron chi connectivity index (χ0n) is 20.7. The van der Waals surface area contributed by atoms with E-state index in [4.69, 9.17) is 19.2 Å². The summed E-state index contributed by atoms with van der Waals surface area (Å²) < 4.78 is 46.0. The number of nitrogens with one attached hydrogen (secondary N) is 1. The summed E-state index contributed by atoms with van der Waals surface area (Å²) in [5.41, 5.74) is 2.95. The molecule has 8 nitrogen and oxygen atoms in total. The Labute approximate surface area is 241 Å². The van der Waals surface area contributed by atoms with Crippen LogP contribution in [0.5, 0.6) is 5.88 Å². The van der Waals surface area contributed by atoms with Crippen molar-refractivity contribution in [2.24, 2.45) is 0 Å². The van der Waals surface area contributed by atoms with Crippen LogP contribution in [0.1, 0.15) is 37.3 Å². The van der Waals surface area contributed by atoms with Crippen molar-refractivity contribution >= 4 is 21.7 Å². The van der Waals surface area contributed by atoms with Crippen molar-refractivity contribution < 1.29 is 64.7 Å². The molecule has 0 saturated carbocycles. The van der Waals surface area contributed by atoms with Gasteiger partial charge < -0.3 is 24.8 Å². The van der Waals surface area contributed by atoms with E-state index in [0.29, 0.717) is 37.7 Å². The van der Waals surface area contributed by atoms with Crippen LogP contribution < -0.4 is 4.74 Å². The van der Waals surface area contributed by atoms with E-state index in [-0.39, 0.29) is 61.3 Å². The van der Waals surface area contributed by atoms with E-state index < -0.39 is 11.6 Å². The third kappa shape index (κ3) is 5.60. The van der Waals surface area contributed by atoms with Crippen molar-refractivity contribution in [3.8, 4) is 17.0 Å². The Morgan fingerprint density at radius 2 is 1.84 bits per heavy atom. The van der Waals surface area contributed by atoms with Gasteiger partial charge in [-0.2, -0.15) is 5.10 Å². The second-order valence-electron chi connectivity index (χ2n) is 9.50. The van der Waals surface area contributed by atoms with E-state index in [1.807, 2.05) is 12.1 Å². The van der Waals surface area contributed by atoms with Crippen LogP contribution in [0.2, 0.25) is 0 Å². The van der Waals surface area contributed by atoms with Gasteiger partial charge in [0.2, 0.25) is 5.88 Å². The largest absolute Gasteiger partial charge is 0.471 e. The monoisotopic (exact) mass is 751 g/mol. The van der Waals surface area contributed by atoms with Crippen LogP contribution in [0.15, 0.2) is 36.5 Å². The summed E-state index contributed by atoms with van der Waals surface area (Å²) >= 11 is 0. The van der Waals surface area contributed by atoms with Gasteiger partial charge in [0.05, 0.1) is 36.7 Å². The number of aliphatic hydroxyl groups is 1. The molecule has 4 N–H and O–H groups in total. The SMILES string of the molecule is O.OCC1CCC(Oc2nc(C3CCOCC3)c(-c3ccc(F)c(F)c3)c3cc4cn[nH]c4cc23)CO1.[U]. The van der Waals surface area contributed by atoms with Crippen molar-refractivity contribution in [1.82, 2.24) is 15.2 Å². The Hall–Kier alpha value is -2.13. The molecule has 2 aliphatic heterocycles. The van der Waals surface area contributed by atoms with Gasteiger partial charge in [-0.1, -0.05) is 6.07 Å². The molecule has 11 heteroatoms. The second-order valence-corrected chi connectivity index (χ2v) is 9.50. The minimum absolute atomic E-state index is 0. The fourth-order valence-electron chi connectivity index (χ4n) is 5.23. The summed E-state index contributed by atoms with van der Waals surface area (Å²) in [7, 11) is 0. The molecule has 0 spiro atoms. The molecule has 2 fully saturated rings. The molecule has 2 aliphatic rings. The zero-order chi connectivity index (χ0) is 24.6. The normalized spacial score (nSPS) is 20.2. The van der Waals surface area contributed by atoms with Crippen LogP contribution in [0.4, 0.5) is 8.78 Å². The van der Waals surface area contributed by atoms with Gasteiger partial charge in [-0.25, -0.2) is 13.8 Å². The maximum atomic E-state index is 14.4. The molecule has 6 rings (SSSR count). The van der Waals surface area contributed by atoms with E-state index in [9.17, 15) is 13.9 Å². The number of rotatable bonds is 5. The van der Waals surface area contributed by atoms with Gasteiger partial charge in [-0.3, -0.25) is 5.10 Å². The molecule has 0 aliphatic carbocycles. The van der Waals surface area contributed by atoms with Gasteiger partial charge in [0.25, 0.3) is 0 Å². The molecular formula is C27H29F2N3O5U. The summed E-state index contributed by atoms with van der Waals surface area (Å²) in [6, 6.07) is 7.93. The quantitative estimate of drug-likeness (QED) is 0.318. The number of pyridine rings is 1. The van der Waals surface area contributed by atoms with Crippen molar-refractivity contribution in [2.45, 2.75) is 43.8 Å². The molecule has 0 bridgehead atoms. The second kappa shape index (κ2) is 12.4. The topological polar surface area (TPSA) is 121 Å². The van der Waals surface area contributed by atoms with Crippen molar-refractivity contribution in [2.75, 3.05) is 26.4 Å². The smallest absolute Gasteiger partial charge is 0.222 e. The Morgan fingerprint density at radius 1 is 1.03 bits per heavy atom. The molecule has 0 radical (unpaired) electrons. The molecule has 2 atom stereocenters. The molecule has 4 heterocycles. The third-order valence-corrected chi connectivity index (χ3v) is 7.18. The number of hydrogen-bond donors (Lipinski definition) is 2. The molecule has 200 valence electrons. The number of benzene rings is 2. The van der Waals surface area contributed by atoms with Gasteiger partial charge >= 0.3 is 0 Å². The molecule has 2 unspecified atom stereocenters. The van der Waals surface area contributed by atoms with E-state index >= 15 is 0 Å². The van der Waals surface area contributed by atoms with Crippen LogP contribution in [0, 0.1) is 42.7 Å². The van der Waals surface area contributed by atoms with Gasteiger partial charge in [0, 0.05) is 66.6 Å². The minimum Gasteiger partial charge on any atom is -0.471 e. The van der Waals surface area contributed by atoms with E-state index in [1.54, 1.807) is 12.3 Å². The average Bonchev–Trinajstić information content (AvgIpc) is 3.38. The predicted octanol–water partition coefficient (Wildman–Crippen LogP) is 4.04. The number of halogens is 2. The number of ether oxygens (including phenoxy) is 3. The summed E-state index contributed by atoms with van der Waals surface area (Å²) in [5.74, 6) is -1.24. The number of fused-ring (bicyclic) bond motifs is 2. The molecule has 2 aromatic carbocycles. The summed E-state index contributed by atoms with van der Waals surface area (Å²) in [6.45, 7) is 1.57.